The van der Waals surface area contributed by atoms with E-state index in [0.29, 0.717) is 27.8 Å². The summed E-state index contributed by atoms with van der Waals surface area (Å²) in [6, 6.07) is 14.3. The van der Waals surface area contributed by atoms with Crippen molar-refractivity contribution in [3.05, 3.63) is 69.8 Å². The van der Waals surface area contributed by atoms with Crippen LogP contribution in [0.15, 0.2) is 68.8 Å². The van der Waals surface area contributed by atoms with E-state index in [1.165, 1.54) is 6.20 Å². The summed E-state index contributed by atoms with van der Waals surface area (Å²) in [4.78, 5) is 12.1. The van der Waals surface area contributed by atoms with Gasteiger partial charge in [-0.3, -0.25) is 4.79 Å². The molecule has 0 unspecified atom stereocenters. The first kappa shape index (κ1) is 19.1. The lowest BCUT2D eigenvalue weighted by molar-refractivity contribution is -0.123. The number of amides is 1. The third-order valence-electron chi connectivity index (χ3n) is 3.61. The molecule has 0 bridgehead atoms. The Morgan fingerprint density at radius 1 is 1.26 bits per heavy atom. The lowest BCUT2D eigenvalue weighted by Crippen LogP contribution is -2.25. The molecule has 1 aromatic heterocycles. The SMILES string of the molecule is C/C(=N\NC(=O)COc1ccc(Cl)cc1-c1ccno1)c1ccc(Br)cc1. The molecule has 27 heavy (non-hydrogen) atoms. The number of ether oxygens (including phenoxy) is 1. The summed E-state index contributed by atoms with van der Waals surface area (Å²) in [5, 5.41) is 8.29. The number of carbonyl (C=O) groups is 1. The van der Waals surface area contributed by atoms with Crippen LogP contribution in [0.5, 0.6) is 5.75 Å². The fraction of sp³-hybridized carbons (Fsp3) is 0.105. The van der Waals surface area contributed by atoms with Gasteiger partial charge in [0.1, 0.15) is 5.75 Å². The van der Waals surface area contributed by atoms with Crippen molar-refractivity contribution in [1.29, 1.82) is 0 Å². The van der Waals surface area contributed by atoms with Crippen LogP contribution in [0.25, 0.3) is 11.3 Å². The van der Waals surface area contributed by atoms with E-state index in [1.54, 1.807) is 24.3 Å². The molecular weight excluding hydrogens is 434 g/mol. The zero-order valence-corrected chi connectivity index (χ0v) is 16.6. The molecule has 6 nitrogen and oxygen atoms in total. The summed E-state index contributed by atoms with van der Waals surface area (Å²) in [5.74, 6) is 0.571. The van der Waals surface area contributed by atoms with E-state index >= 15 is 0 Å². The highest BCUT2D eigenvalue weighted by molar-refractivity contribution is 9.10. The van der Waals surface area contributed by atoms with Gasteiger partial charge in [0.15, 0.2) is 12.4 Å². The normalized spacial score (nSPS) is 11.3. The number of rotatable bonds is 6. The van der Waals surface area contributed by atoms with Crippen molar-refractivity contribution in [3.63, 3.8) is 0 Å². The molecule has 0 atom stereocenters. The number of aromatic nitrogens is 1. The Morgan fingerprint density at radius 2 is 2.04 bits per heavy atom. The van der Waals surface area contributed by atoms with Crippen LogP contribution in [0.3, 0.4) is 0 Å². The second-order valence-electron chi connectivity index (χ2n) is 5.54. The van der Waals surface area contributed by atoms with Gasteiger partial charge < -0.3 is 9.26 Å². The van der Waals surface area contributed by atoms with Gasteiger partial charge in [0.2, 0.25) is 0 Å². The Morgan fingerprint density at radius 3 is 2.74 bits per heavy atom. The molecule has 0 fully saturated rings. The molecule has 0 aliphatic carbocycles. The van der Waals surface area contributed by atoms with E-state index in [0.717, 1.165) is 10.0 Å². The number of nitrogens with one attached hydrogen (secondary N) is 1. The first-order valence-corrected chi connectivity index (χ1v) is 9.12. The van der Waals surface area contributed by atoms with E-state index < -0.39 is 0 Å². The quantitative estimate of drug-likeness (QED) is 0.439. The zero-order valence-electron chi connectivity index (χ0n) is 14.3. The summed E-state index contributed by atoms with van der Waals surface area (Å²) < 4.78 is 11.7. The van der Waals surface area contributed by atoms with Crippen molar-refractivity contribution < 1.29 is 14.1 Å². The van der Waals surface area contributed by atoms with E-state index in [-0.39, 0.29) is 12.5 Å². The standard InChI is InChI=1S/C19H15BrClN3O3/c1-12(13-2-4-14(20)5-3-13)23-24-19(25)11-26-17-7-6-15(21)10-16(17)18-8-9-22-27-18/h2-10H,11H2,1H3,(H,24,25)/b23-12+. The molecule has 1 heterocycles. The molecule has 1 amide bonds. The van der Waals surface area contributed by atoms with Crippen LogP contribution in [0.2, 0.25) is 5.02 Å². The highest BCUT2D eigenvalue weighted by Crippen LogP contribution is 2.32. The van der Waals surface area contributed by atoms with Crippen LogP contribution in [0.4, 0.5) is 0 Å². The molecule has 8 heteroatoms. The second-order valence-corrected chi connectivity index (χ2v) is 6.90. The molecule has 0 aliphatic rings. The smallest absolute Gasteiger partial charge is 0.277 e. The second kappa shape index (κ2) is 8.83. The third-order valence-corrected chi connectivity index (χ3v) is 4.38. The predicted octanol–water partition coefficient (Wildman–Crippen LogP) is 4.68. The molecule has 0 spiro atoms. The Kier molecular flexibility index (Phi) is 6.26. The fourth-order valence-electron chi connectivity index (χ4n) is 2.25. The molecule has 1 N–H and O–H groups in total. The van der Waals surface area contributed by atoms with Gasteiger partial charge in [-0.25, -0.2) is 5.43 Å². The van der Waals surface area contributed by atoms with Crippen molar-refractivity contribution >= 4 is 39.1 Å². The number of nitrogens with zero attached hydrogens (tertiary/aromatic N) is 2. The maximum absolute atomic E-state index is 12.1. The molecule has 3 rings (SSSR count). The predicted molar refractivity (Wildman–Crippen MR) is 107 cm³/mol. The third kappa shape index (κ3) is 5.18. The number of hydrazone groups is 1. The van der Waals surface area contributed by atoms with Crippen molar-refractivity contribution in [2.24, 2.45) is 5.10 Å². The number of hydrogen-bond donors (Lipinski definition) is 1. The number of halogens is 2. The van der Waals surface area contributed by atoms with Gasteiger partial charge in [0, 0.05) is 15.6 Å². The van der Waals surface area contributed by atoms with Crippen molar-refractivity contribution in [2.75, 3.05) is 6.61 Å². The summed E-state index contributed by atoms with van der Waals surface area (Å²) >= 11 is 9.41. The average molecular weight is 449 g/mol. The van der Waals surface area contributed by atoms with Gasteiger partial charge in [-0.05, 0) is 42.8 Å². The Labute approximate surface area is 169 Å². The van der Waals surface area contributed by atoms with Crippen LogP contribution >= 0.6 is 27.5 Å². The Bertz CT molecular complexity index is 957. The number of hydrogen-bond acceptors (Lipinski definition) is 5. The minimum absolute atomic E-state index is 0.208. The van der Waals surface area contributed by atoms with Crippen LogP contribution in [-0.2, 0) is 4.79 Å². The van der Waals surface area contributed by atoms with E-state index in [2.05, 4.69) is 31.6 Å². The number of benzene rings is 2. The molecule has 0 radical (unpaired) electrons. The zero-order chi connectivity index (χ0) is 19.2. The van der Waals surface area contributed by atoms with Crippen LogP contribution in [-0.4, -0.2) is 23.4 Å². The maximum Gasteiger partial charge on any atom is 0.277 e. The molecule has 138 valence electrons. The van der Waals surface area contributed by atoms with E-state index in [4.69, 9.17) is 20.9 Å². The van der Waals surface area contributed by atoms with Gasteiger partial charge >= 0.3 is 0 Å². The number of carbonyl (C=O) groups excluding carboxylic acids is 1. The van der Waals surface area contributed by atoms with Gasteiger partial charge in [-0.2, -0.15) is 5.10 Å². The molecular formula is C19H15BrClN3O3. The lowest BCUT2D eigenvalue weighted by atomic mass is 10.1. The van der Waals surface area contributed by atoms with Gasteiger partial charge in [-0.15, -0.1) is 0 Å². The lowest BCUT2D eigenvalue weighted by Gasteiger charge is -2.09. The van der Waals surface area contributed by atoms with Crippen LogP contribution in [0, 0.1) is 0 Å². The molecule has 0 aliphatic heterocycles. The fourth-order valence-corrected chi connectivity index (χ4v) is 2.69. The van der Waals surface area contributed by atoms with Gasteiger partial charge in [0.05, 0.1) is 17.5 Å². The van der Waals surface area contributed by atoms with E-state index in [9.17, 15) is 4.79 Å². The highest BCUT2D eigenvalue weighted by Gasteiger charge is 2.12. The average Bonchev–Trinajstić information content (AvgIpc) is 3.20. The minimum Gasteiger partial charge on any atom is -0.483 e. The first-order chi connectivity index (χ1) is 13.0. The first-order valence-electron chi connectivity index (χ1n) is 7.95. The monoisotopic (exact) mass is 447 g/mol. The summed E-state index contributed by atoms with van der Waals surface area (Å²) in [7, 11) is 0. The summed E-state index contributed by atoms with van der Waals surface area (Å²) in [6.07, 6.45) is 1.52. The van der Waals surface area contributed by atoms with E-state index in [1.807, 2.05) is 31.2 Å². The van der Waals surface area contributed by atoms with Crippen molar-refractivity contribution in [3.8, 4) is 17.1 Å². The highest BCUT2D eigenvalue weighted by atomic mass is 79.9. The topological polar surface area (TPSA) is 76.7 Å². The van der Waals surface area contributed by atoms with Crippen LogP contribution < -0.4 is 10.2 Å². The van der Waals surface area contributed by atoms with Gasteiger partial charge in [-0.1, -0.05) is 44.8 Å². The molecule has 0 saturated carbocycles. The minimum atomic E-state index is -0.384. The largest absolute Gasteiger partial charge is 0.483 e. The Hall–Kier alpha value is -2.64. The molecule has 3 aromatic rings. The van der Waals surface area contributed by atoms with Gasteiger partial charge in [0.25, 0.3) is 5.91 Å². The van der Waals surface area contributed by atoms with Crippen LogP contribution in [0.1, 0.15) is 12.5 Å². The maximum atomic E-state index is 12.1. The van der Waals surface area contributed by atoms with Crippen molar-refractivity contribution in [1.82, 2.24) is 10.6 Å². The van der Waals surface area contributed by atoms with Crippen molar-refractivity contribution in [2.45, 2.75) is 6.92 Å². The summed E-state index contributed by atoms with van der Waals surface area (Å²) in [6.45, 7) is 1.60. The molecule has 0 saturated heterocycles. The summed E-state index contributed by atoms with van der Waals surface area (Å²) in [5.41, 5.74) is 4.69. The molecule has 2 aromatic carbocycles. The Balaban J connectivity index is 1.63.